The van der Waals surface area contributed by atoms with Crippen LogP contribution in [0.5, 0.6) is 0 Å². The highest BCUT2D eigenvalue weighted by Crippen LogP contribution is 2.09. The molecule has 3 nitrogen and oxygen atoms in total. The van der Waals surface area contributed by atoms with Crippen molar-refractivity contribution in [1.29, 1.82) is 0 Å². The average molecular weight is 217 g/mol. The fourth-order valence-corrected chi connectivity index (χ4v) is 1.53. The number of aromatic nitrogens is 2. The molecule has 0 bridgehead atoms. The molecule has 1 heterocycles. The van der Waals surface area contributed by atoms with Crippen molar-refractivity contribution >= 4 is 11.6 Å². The Kier molecular flexibility index (Phi) is 4.98. The molecule has 80 valence electrons. The first kappa shape index (κ1) is 11.5. The van der Waals surface area contributed by atoms with Crippen molar-refractivity contribution in [1.82, 2.24) is 9.78 Å². The Morgan fingerprint density at radius 2 is 2.43 bits per heavy atom. The summed E-state index contributed by atoms with van der Waals surface area (Å²) < 4.78 is 6.89. The molecule has 0 saturated heterocycles. The largest absolute Gasteiger partial charge is 0.383 e. The molecule has 1 aromatic heterocycles. The van der Waals surface area contributed by atoms with Gasteiger partial charge in [-0.15, -0.1) is 11.6 Å². The molecule has 1 atom stereocenters. The molecular formula is C10H17ClN2O. The van der Waals surface area contributed by atoms with Gasteiger partial charge in [0.1, 0.15) is 0 Å². The fraction of sp³-hybridized carbons (Fsp3) is 0.700. The van der Waals surface area contributed by atoms with E-state index < -0.39 is 0 Å². The first-order chi connectivity index (χ1) is 6.76. The van der Waals surface area contributed by atoms with E-state index >= 15 is 0 Å². The lowest BCUT2D eigenvalue weighted by atomic mass is 10.1. The molecule has 1 aromatic rings. The van der Waals surface area contributed by atoms with Gasteiger partial charge in [0.25, 0.3) is 0 Å². The number of methoxy groups -OCH3 is 1. The van der Waals surface area contributed by atoms with Crippen LogP contribution in [0.2, 0.25) is 0 Å². The van der Waals surface area contributed by atoms with Gasteiger partial charge in [-0.25, -0.2) is 0 Å². The van der Waals surface area contributed by atoms with Crippen LogP contribution in [-0.4, -0.2) is 28.9 Å². The standard InChI is InChI=1S/C10H17ClN2O/c1-3-13-7-9(6-12-13)4-5-10(11)8-14-2/h6-7,10H,3-5,8H2,1-2H3. The number of rotatable bonds is 6. The molecule has 1 rings (SSSR count). The van der Waals surface area contributed by atoms with E-state index in [2.05, 4.69) is 18.2 Å². The second-order valence-electron chi connectivity index (χ2n) is 3.30. The molecule has 0 aliphatic rings. The second-order valence-corrected chi connectivity index (χ2v) is 3.91. The number of aryl methyl sites for hydroxylation is 2. The van der Waals surface area contributed by atoms with Crippen molar-refractivity contribution in [2.45, 2.75) is 31.7 Å². The second kappa shape index (κ2) is 6.04. The Morgan fingerprint density at radius 3 is 3.00 bits per heavy atom. The minimum atomic E-state index is 0.102. The fourth-order valence-electron chi connectivity index (χ4n) is 1.30. The molecule has 0 amide bonds. The zero-order valence-electron chi connectivity index (χ0n) is 8.74. The van der Waals surface area contributed by atoms with Gasteiger partial charge in [0.2, 0.25) is 0 Å². The van der Waals surface area contributed by atoms with Crippen molar-refractivity contribution in [2.75, 3.05) is 13.7 Å². The van der Waals surface area contributed by atoms with E-state index in [9.17, 15) is 0 Å². The predicted octanol–water partition coefficient (Wildman–Crippen LogP) is 2.09. The Hall–Kier alpha value is -0.540. The van der Waals surface area contributed by atoms with Gasteiger partial charge in [0.05, 0.1) is 18.2 Å². The smallest absolute Gasteiger partial charge is 0.0626 e. The molecule has 0 fully saturated rings. The number of hydrogen-bond acceptors (Lipinski definition) is 2. The van der Waals surface area contributed by atoms with E-state index in [1.165, 1.54) is 5.56 Å². The highest BCUT2D eigenvalue weighted by atomic mass is 35.5. The van der Waals surface area contributed by atoms with Crippen LogP contribution < -0.4 is 0 Å². The maximum absolute atomic E-state index is 6.02. The molecule has 14 heavy (non-hydrogen) atoms. The van der Waals surface area contributed by atoms with Crippen molar-refractivity contribution in [3.05, 3.63) is 18.0 Å². The van der Waals surface area contributed by atoms with Crippen LogP contribution in [0.1, 0.15) is 18.9 Å². The number of ether oxygens (including phenoxy) is 1. The summed E-state index contributed by atoms with van der Waals surface area (Å²) in [6.07, 6.45) is 5.87. The van der Waals surface area contributed by atoms with Crippen LogP contribution in [-0.2, 0) is 17.7 Å². The quantitative estimate of drug-likeness (QED) is 0.681. The summed E-state index contributed by atoms with van der Waals surface area (Å²) in [4.78, 5) is 0. The third kappa shape index (κ3) is 3.68. The van der Waals surface area contributed by atoms with Crippen LogP contribution in [0, 0.1) is 0 Å². The van der Waals surface area contributed by atoms with Gasteiger partial charge >= 0.3 is 0 Å². The van der Waals surface area contributed by atoms with Gasteiger partial charge in [-0.1, -0.05) is 0 Å². The van der Waals surface area contributed by atoms with Gasteiger partial charge in [0, 0.05) is 19.9 Å². The van der Waals surface area contributed by atoms with Crippen LogP contribution in [0.25, 0.3) is 0 Å². The Morgan fingerprint density at radius 1 is 1.64 bits per heavy atom. The summed E-state index contributed by atoms with van der Waals surface area (Å²) >= 11 is 6.02. The average Bonchev–Trinajstić information content (AvgIpc) is 2.63. The highest BCUT2D eigenvalue weighted by molar-refractivity contribution is 6.20. The van der Waals surface area contributed by atoms with E-state index in [1.54, 1.807) is 7.11 Å². The lowest BCUT2D eigenvalue weighted by Gasteiger charge is -2.05. The SMILES string of the molecule is CCn1cc(CCC(Cl)COC)cn1. The summed E-state index contributed by atoms with van der Waals surface area (Å²) in [6.45, 7) is 3.61. The van der Waals surface area contributed by atoms with Crippen molar-refractivity contribution in [2.24, 2.45) is 0 Å². The van der Waals surface area contributed by atoms with Crippen LogP contribution >= 0.6 is 11.6 Å². The molecule has 0 aliphatic heterocycles. The zero-order valence-corrected chi connectivity index (χ0v) is 9.50. The number of halogens is 1. The third-order valence-corrected chi connectivity index (χ3v) is 2.45. The molecule has 0 N–H and O–H groups in total. The molecule has 0 radical (unpaired) electrons. The van der Waals surface area contributed by atoms with Crippen molar-refractivity contribution < 1.29 is 4.74 Å². The maximum Gasteiger partial charge on any atom is 0.0626 e. The molecule has 4 heteroatoms. The van der Waals surface area contributed by atoms with Crippen LogP contribution in [0.4, 0.5) is 0 Å². The van der Waals surface area contributed by atoms with E-state index in [0.717, 1.165) is 19.4 Å². The predicted molar refractivity (Wildman–Crippen MR) is 57.7 cm³/mol. The van der Waals surface area contributed by atoms with Crippen LogP contribution in [0.15, 0.2) is 12.4 Å². The Bertz CT molecular complexity index is 262. The minimum Gasteiger partial charge on any atom is -0.383 e. The number of nitrogens with zero attached hydrogens (tertiary/aromatic N) is 2. The molecular weight excluding hydrogens is 200 g/mol. The van der Waals surface area contributed by atoms with E-state index in [1.807, 2.05) is 10.9 Å². The lowest BCUT2D eigenvalue weighted by Crippen LogP contribution is -2.08. The van der Waals surface area contributed by atoms with E-state index in [4.69, 9.17) is 16.3 Å². The topological polar surface area (TPSA) is 27.1 Å². The first-order valence-corrected chi connectivity index (χ1v) is 5.34. The molecule has 0 spiro atoms. The highest BCUT2D eigenvalue weighted by Gasteiger charge is 2.05. The van der Waals surface area contributed by atoms with Crippen molar-refractivity contribution in [3.8, 4) is 0 Å². The zero-order chi connectivity index (χ0) is 10.4. The minimum absolute atomic E-state index is 0.102. The summed E-state index contributed by atoms with van der Waals surface area (Å²) in [7, 11) is 1.67. The van der Waals surface area contributed by atoms with Gasteiger partial charge in [-0.05, 0) is 25.3 Å². The lowest BCUT2D eigenvalue weighted by molar-refractivity contribution is 0.195. The summed E-state index contributed by atoms with van der Waals surface area (Å²) in [5.41, 5.74) is 1.24. The van der Waals surface area contributed by atoms with Crippen molar-refractivity contribution in [3.63, 3.8) is 0 Å². The summed E-state index contributed by atoms with van der Waals surface area (Å²) in [6, 6.07) is 0. The van der Waals surface area contributed by atoms with Crippen LogP contribution in [0.3, 0.4) is 0 Å². The molecule has 0 aliphatic carbocycles. The van der Waals surface area contributed by atoms with Gasteiger partial charge in [0.15, 0.2) is 0 Å². The van der Waals surface area contributed by atoms with E-state index in [-0.39, 0.29) is 5.38 Å². The van der Waals surface area contributed by atoms with Gasteiger partial charge < -0.3 is 4.74 Å². The summed E-state index contributed by atoms with van der Waals surface area (Å²) in [5, 5.41) is 4.30. The summed E-state index contributed by atoms with van der Waals surface area (Å²) in [5.74, 6) is 0. The third-order valence-electron chi connectivity index (χ3n) is 2.10. The van der Waals surface area contributed by atoms with Gasteiger partial charge in [-0.3, -0.25) is 4.68 Å². The molecule has 0 aromatic carbocycles. The monoisotopic (exact) mass is 216 g/mol. The Balaban J connectivity index is 2.30. The molecule has 1 unspecified atom stereocenters. The maximum atomic E-state index is 6.02. The van der Waals surface area contributed by atoms with Gasteiger partial charge in [-0.2, -0.15) is 5.10 Å². The molecule has 0 saturated carbocycles. The van der Waals surface area contributed by atoms with E-state index in [0.29, 0.717) is 6.61 Å². The first-order valence-electron chi connectivity index (χ1n) is 4.90. The number of alkyl halides is 1. The normalized spacial score (nSPS) is 13.1. The number of hydrogen-bond donors (Lipinski definition) is 0. The Labute approximate surface area is 90.0 Å².